The van der Waals surface area contributed by atoms with Crippen LogP contribution in [0.2, 0.25) is 0 Å². The minimum atomic E-state index is -0.377. The first-order valence-electron chi connectivity index (χ1n) is 7.34. The summed E-state index contributed by atoms with van der Waals surface area (Å²) in [6.07, 6.45) is 3.78. The Morgan fingerprint density at radius 2 is 2.05 bits per heavy atom. The van der Waals surface area contributed by atoms with Crippen LogP contribution in [0.3, 0.4) is 0 Å². The number of rotatable bonds is 3. The van der Waals surface area contributed by atoms with E-state index in [1.807, 2.05) is 45.2 Å². The second-order valence-electron chi connectivity index (χ2n) is 6.90. The molecule has 21 heavy (non-hydrogen) atoms. The molecule has 0 atom stereocenters. The van der Waals surface area contributed by atoms with Crippen molar-refractivity contribution in [1.82, 2.24) is 10.3 Å². The number of hydrogen-bond donors (Lipinski definition) is 2. The van der Waals surface area contributed by atoms with Crippen molar-refractivity contribution in [3.63, 3.8) is 0 Å². The molecule has 0 aliphatic heterocycles. The molecule has 4 nitrogen and oxygen atoms in total. The number of fused-ring (bicyclic) bond motifs is 1. The van der Waals surface area contributed by atoms with Crippen LogP contribution in [0.1, 0.15) is 39.2 Å². The van der Waals surface area contributed by atoms with Crippen molar-refractivity contribution in [2.45, 2.75) is 44.6 Å². The third kappa shape index (κ3) is 2.39. The lowest BCUT2D eigenvalue weighted by molar-refractivity contribution is -0.125. The maximum Gasteiger partial charge on any atom is 0.231 e. The summed E-state index contributed by atoms with van der Waals surface area (Å²) in [5.74, 6) is 0.939. The number of H-pyrrole nitrogens is 1. The van der Waals surface area contributed by atoms with Gasteiger partial charge in [0, 0.05) is 22.6 Å². The minimum absolute atomic E-state index is 0.124. The fourth-order valence-electron chi connectivity index (χ4n) is 2.83. The number of hydrogen-bond acceptors (Lipinski definition) is 2. The first-order valence-corrected chi connectivity index (χ1v) is 7.34. The average Bonchev–Trinajstić information content (AvgIpc) is 3.11. The van der Waals surface area contributed by atoms with Gasteiger partial charge in [0.15, 0.2) is 0 Å². The smallest absolute Gasteiger partial charge is 0.231 e. The van der Waals surface area contributed by atoms with Crippen molar-refractivity contribution in [2.75, 3.05) is 7.11 Å². The van der Waals surface area contributed by atoms with Gasteiger partial charge in [-0.05, 0) is 57.4 Å². The van der Waals surface area contributed by atoms with Gasteiger partial charge >= 0.3 is 0 Å². The van der Waals surface area contributed by atoms with Crippen molar-refractivity contribution < 1.29 is 9.53 Å². The molecule has 0 bridgehead atoms. The molecule has 3 rings (SSSR count). The molecule has 1 aromatic heterocycles. The fraction of sp³-hybridized carbons (Fsp3) is 0.471. The molecule has 2 aromatic rings. The Labute approximate surface area is 124 Å². The van der Waals surface area contributed by atoms with Crippen LogP contribution < -0.4 is 10.1 Å². The normalized spacial score (nSPS) is 16.8. The van der Waals surface area contributed by atoms with E-state index >= 15 is 0 Å². The maximum absolute atomic E-state index is 12.7. The Bertz CT molecular complexity index is 690. The molecular formula is C17H22N2O2. The molecule has 0 unspecified atom stereocenters. The van der Waals surface area contributed by atoms with Gasteiger partial charge in [-0.1, -0.05) is 0 Å². The quantitative estimate of drug-likeness (QED) is 0.911. The summed E-state index contributed by atoms with van der Waals surface area (Å²) in [4.78, 5) is 16.0. The highest BCUT2D eigenvalue weighted by Crippen LogP contribution is 2.51. The lowest BCUT2D eigenvalue weighted by Gasteiger charge is -2.24. The van der Waals surface area contributed by atoms with Gasteiger partial charge in [0.1, 0.15) is 5.75 Å². The molecule has 1 aliphatic rings. The zero-order chi connectivity index (χ0) is 15.3. The Morgan fingerprint density at radius 3 is 2.62 bits per heavy atom. The van der Waals surface area contributed by atoms with Gasteiger partial charge in [0.25, 0.3) is 0 Å². The average molecular weight is 286 g/mol. The van der Waals surface area contributed by atoms with E-state index in [0.29, 0.717) is 0 Å². The first-order chi connectivity index (χ1) is 9.86. The first kappa shape index (κ1) is 14.0. The largest absolute Gasteiger partial charge is 0.497 e. The molecule has 4 heteroatoms. The van der Waals surface area contributed by atoms with Crippen LogP contribution in [-0.4, -0.2) is 23.5 Å². The molecule has 112 valence electrons. The lowest BCUT2D eigenvalue weighted by atomic mass is 9.93. The van der Waals surface area contributed by atoms with Crippen LogP contribution in [0, 0.1) is 0 Å². The van der Waals surface area contributed by atoms with E-state index in [1.165, 1.54) is 0 Å². The number of amides is 1. The Balaban J connectivity index is 2.01. The van der Waals surface area contributed by atoms with E-state index in [1.54, 1.807) is 7.11 Å². The Morgan fingerprint density at radius 1 is 1.33 bits per heavy atom. The van der Waals surface area contributed by atoms with Gasteiger partial charge in [-0.25, -0.2) is 0 Å². The number of benzene rings is 1. The topological polar surface area (TPSA) is 54.1 Å². The molecule has 0 spiro atoms. The Hall–Kier alpha value is -1.97. The summed E-state index contributed by atoms with van der Waals surface area (Å²) < 4.78 is 5.31. The third-order valence-corrected chi connectivity index (χ3v) is 4.08. The molecule has 2 N–H and O–H groups in total. The van der Waals surface area contributed by atoms with E-state index in [9.17, 15) is 4.79 Å². The van der Waals surface area contributed by atoms with Gasteiger partial charge in [0.2, 0.25) is 5.91 Å². The van der Waals surface area contributed by atoms with Crippen molar-refractivity contribution in [3.8, 4) is 5.75 Å². The molecule has 1 amide bonds. The highest BCUT2D eigenvalue weighted by Gasteiger charge is 2.53. The predicted molar refractivity (Wildman–Crippen MR) is 83.7 cm³/mol. The van der Waals surface area contributed by atoms with Gasteiger partial charge in [0.05, 0.1) is 12.5 Å². The molecule has 0 radical (unpaired) electrons. The molecule has 1 heterocycles. The standard InChI is InChI=1S/C17H22N2O2/c1-16(2,3)19-15(20)17(7-8-17)13-10-18-14-6-5-11(21-4)9-12(13)14/h5-6,9-10,18H,7-8H2,1-4H3,(H,19,20). The number of carbonyl (C=O) groups excluding carboxylic acids is 1. The lowest BCUT2D eigenvalue weighted by Crippen LogP contribution is -2.46. The van der Waals surface area contributed by atoms with Gasteiger partial charge in [-0.15, -0.1) is 0 Å². The number of aromatic nitrogens is 1. The van der Waals surface area contributed by atoms with Crippen molar-refractivity contribution in [3.05, 3.63) is 30.0 Å². The van der Waals surface area contributed by atoms with E-state index < -0.39 is 0 Å². The monoisotopic (exact) mass is 286 g/mol. The highest BCUT2D eigenvalue weighted by atomic mass is 16.5. The number of nitrogens with one attached hydrogen (secondary N) is 2. The fourth-order valence-corrected chi connectivity index (χ4v) is 2.83. The number of methoxy groups -OCH3 is 1. The SMILES string of the molecule is COc1ccc2[nH]cc(C3(C(=O)NC(C)(C)C)CC3)c2c1. The van der Waals surface area contributed by atoms with Crippen LogP contribution >= 0.6 is 0 Å². The minimum Gasteiger partial charge on any atom is -0.497 e. The molecule has 1 aromatic carbocycles. The zero-order valence-electron chi connectivity index (χ0n) is 13.0. The maximum atomic E-state index is 12.7. The third-order valence-electron chi connectivity index (χ3n) is 4.08. The summed E-state index contributed by atoms with van der Waals surface area (Å²) in [6, 6.07) is 5.93. The van der Waals surface area contributed by atoms with Crippen molar-refractivity contribution in [2.24, 2.45) is 0 Å². The predicted octanol–water partition coefficient (Wildman–Crippen LogP) is 3.12. The molecular weight excluding hydrogens is 264 g/mol. The number of ether oxygens (including phenoxy) is 1. The number of carbonyl (C=O) groups is 1. The van der Waals surface area contributed by atoms with E-state index in [2.05, 4.69) is 10.3 Å². The summed E-state index contributed by atoms with van der Waals surface area (Å²) in [5, 5.41) is 4.20. The Kier molecular flexibility index (Phi) is 3.01. The second kappa shape index (κ2) is 4.52. The second-order valence-corrected chi connectivity index (χ2v) is 6.90. The van der Waals surface area contributed by atoms with Gasteiger partial charge in [-0.3, -0.25) is 4.79 Å². The van der Waals surface area contributed by atoms with E-state index in [4.69, 9.17) is 4.74 Å². The molecule has 0 saturated heterocycles. The van der Waals surface area contributed by atoms with Crippen LogP contribution in [0.15, 0.2) is 24.4 Å². The summed E-state index contributed by atoms with van der Waals surface area (Å²) >= 11 is 0. The van der Waals surface area contributed by atoms with Crippen molar-refractivity contribution >= 4 is 16.8 Å². The van der Waals surface area contributed by atoms with Gasteiger partial charge < -0.3 is 15.0 Å². The van der Waals surface area contributed by atoms with Crippen LogP contribution in [-0.2, 0) is 10.2 Å². The molecule has 1 fully saturated rings. The summed E-state index contributed by atoms with van der Waals surface area (Å²) in [5.41, 5.74) is 1.53. The highest BCUT2D eigenvalue weighted by molar-refractivity contribution is 5.98. The van der Waals surface area contributed by atoms with Crippen molar-refractivity contribution in [1.29, 1.82) is 0 Å². The van der Waals surface area contributed by atoms with Gasteiger partial charge in [-0.2, -0.15) is 0 Å². The van der Waals surface area contributed by atoms with Crippen LogP contribution in [0.5, 0.6) is 5.75 Å². The van der Waals surface area contributed by atoms with E-state index in [-0.39, 0.29) is 16.9 Å². The summed E-state index contributed by atoms with van der Waals surface area (Å²) in [6.45, 7) is 6.04. The van der Waals surface area contributed by atoms with E-state index in [0.717, 1.165) is 35.1 Å². The summed E-state index contributed by atoms with van der Waals surface area (Å²) in [7, 11) is 1.66. The van der Waals surface area contributed by atoms with Crippen LogP contribution in [0.4, 0.5) is 0 Å². The number of aromatic amines is 1. The molecule has 1 aliphatic carbocycles. The molecule has 1 saturated carbocycles. The zero-order valence-corrected chi connectivity index (χ0v) is 13.0. The van der Waals surface area contributed by atoms with Crippen LogP contribution in [0.25, 0.3) is 10.9 Å².